The number of H-pyrrole nitrogens is 1. The first-order chi connectivity index (χ1) is 6.06. The zero-order valence-corrected chi connectivity index (χ0v) is 8.62. The van der Waals surface area contributed by atoms with Crippen molar-refractivity contribution in [2.75, 3.05) is 0 Å². The topological polar surface area (TPSA) is 32.9 Å². The van der Waals surface area contributed by atoms with Crippen molar-refractivity contribution in [2.24, 2.45) is 0 Å². The molecule has 0 bridgehead atoms. The van der Waals surface area contributed by atoms with Gasteiger partial charge in [-0.25, -0.2) is 8.78 Å². The lowest BCUT2D eigenvalue weighted by Gasteiger charge is -2.03. The van der Waals surface area contributed by atoms with Crippen molar-refractivity contribution in [3.8, 4) is 0 Å². The van der Waals surface area contributed by atoms with Crippen LogP contribution in [0.4, 0.5) is 8.78 Å². The molecule has 0 aromatic carbocycles. The van der Waals surface area contributed by atoms with E-state index in [9.17, 15) is 13.6 Å². The quantitative estimate of drug-likeness (QED) is 0.652. The molecule has 0 radical (unpaired) electrons. The zero-order chi connectivity index (χ0) is 10.0. The normalized spacial score (nSPS) is 10.8. The Labute approximate surface area is 86.0 Å². The van der Waals surface area contributed by atoms with Gasteiger partial charge in [0, 0.05) is 5.88 Å². The van der Waals surface area contributed by atoms with Crippen LogP contribution in [-0.2, 0) is 5.88 Å². The monoisotopic (exact) mass is 271 g/mol. The molecule has 0 aliphatic rings. The third kappa shape index (κ3) is 2.28. The third-order valence-corrected chi connectivity index (χ3v) is 2.47. The largest absolute Gasteiger partial charge is 0.316 e. The van der Waals surface area contributed by atoms with Gasteiger partial charge >= 0.3 is 0 Å². The third-order valence-electron chi connectivity index (χ3n) is 1.48. The van der Waals surface area contributed by atoms with Gasteiger partial charge in [0.2, 0.25) is 0 Å². The van der Waals surface area contributed by atoms with E-state index in [1.807, 2.05) is 0 Å². The van der Waals surface area contributed by atoms with Gasteiger partial charge in [-0.1, -0.05) is 0 Å². The SMILES string of the molecule is O=c1[nH]c(Br)c(CCl)cc1C(F)F. The zero-order valence-electron chi connectivity index (χ0n) is 6.28. The number of aromatic nitrogens is 1. The van der Waals surface area contributed by atoms with Crippen LogP contribution >= 0.6 is 27.5 Å². The molecular formula is C7H5BrClF2NO. The minimum atomic E-state index is -2.78. The van der Waals surface area contributed by atoms with E-state index in [2.05, 4.69) is 20.9 Å². The molecular weight excluding hydrogens is 267 g/mol. The van der Waals surface area contributed by atoms with Gasteiger partial charge in [-0.3, -0.25) is 4.79 Å². The van der Waals surface area contributed by atoms with Crippen molar-refractivity contribution in [1.82, 2.24) is 4.98 Å². The van der Waals surface area contributed by atoms with Crippen LogP contribution in [0.1, 0.15) is 17.6 Å². The Bertz CT molecular complexity index is 366. The van der Waals surface area contributed by atoms with Crippen LogP contribution in [0, 0.1) is 0 Å². The fourth-order valence-corrected chi connectivity index (χ4v) is 1.63. The molecule has 0 aliphatic carbocycles. The minimum Gasteiger partial charge on any atom is -0.316 e. The van der Waals surface area contributed by atoms with Gasteiger partial charge in [-0.2, -0.15) is 0 Å². The molecule has 0 saturated heterocycles. The van der Waals surface area contributed by atoms with Gasteiger partial charge in [-0.15, -0.1) is 11.6 Å². The second kappa shape index (κ2) is 4.19. The average Bonchev–Trinajstić information content (AvgIpc) is 2.03. The van der Waals surface area contributed by atoms with E-state index in [4.69, 9.17) is 11.6 Å². The first-order valence-corrected chi connectivity index (χ1v) is 4.64. The maximum atomic E-state index is 12.2. The molecule has 0 amide bonds. The van der Waals surface area contributed by atoms with Crippen molar-refractivity contribution in [1.29, 1.82) is 0 Å². The summed E-state index contributed by atoms with van der Waals surface area (Å²) in [5.74, 6) is 0.0666. The van der Waals surface area contributed by atoms with Gasteiger partial charge in [-0.05, 0) is 27.6 Å². The number of aromatic amines is 1. The highest BCUT2D eigenvalue weighted by molar-refractivity contribution is 9.10. The Morgan fingerprint density at radius 3 is 2.69 bits per heavy atom. The maximum Gasteiger partial charge on any atom is 0.269 e. The molecule has 1 aromatic heterocycles. The highest BCUT2D eigenvalue weighted by atomic mass is 79.9. The molecule has 2 nitrogen and oxygen atoms in total. The molecule has 1 heterocycles. The van der Waals surface area contributed by atoms with Crippen LogP contribution in [0.25, 0.3) is 0 Å². The number of halogens is 4. The highest BCUT2D eigenvalue weighted by Gasteiger charge is 2.14. The summed E-state index contributed by atoms with van der Waals surface area (Å²) in [7, 11) is 0. The Kier molecular flexibility index (Phi) is 3.44. The first-order valence-electron chi connectivity index (χ1n) is 3.32. The smallest absolute Gasteiger partial charge is 0.269 e. The highest BCUT2D eigenvalue weighted by Crippen LogP contribution is 2.20. The summed E-state index contributed by atoms with van der Waals surface area (Å²) in [5.41, 5.74) is -0.911. The minimum absolute atomic E-state index is 0.0666. The van der Waals surface area contributed by atoms with Crippen LogP contribution in [0.5, 0.6) is 0 Å². The van der Waals surface area contributed by atoms with E-state index >= 15 is 0 Å². The summed E-state index contributed by atoms with van der Waals surface area (Å²) < 4.78 is 24.7. The molecule has 1 aromatic rings. The molecule has 0 aliphatic heterocycles. The van der Waals surface area contributed by atoms with E-state index in [-0.39, 0.29) is 5.88 Å². The molecule has 0 unspecified atom stereocenters. The van der Waals surface area contributed by atoms with Crippen molar-refractivity contribution in [3.63, 3.8) is 0 Å². The molecule has 1 N–H and O–H groups in total. The van der Waals surface area contributed by atoms with Gasteiger partial charge < -0.3 is 4.98 Å². The Morgan fingerprint density at radius 2 is 2.23 bits per heavy atom. The van der Waals surface area contributed by atoms with Gasteiger partial charge in [0.25, 0.3) is 12.0 Å². The Morgan fingerprint density at radius 1 is 1.62 bits per heavy atom. The lowest BCUT2D eigenvalue weighted by molar-refractivity contribution is 0.149. The summed E-state index contributed by atoms with van der Waals surface area (Å²) in [6.45, 7) is 0. The van der Waals surface area contributed by atoms with Crippen LogP contribution in [0.15, 0.2) is 15.5 Å². The van der Waals surface area contributed by atoms with E-state index < -0.39 is 17.5 Å². The van der Waals surface area contributed by atoms with Crippen LogP contribution in [0.2, 0.25) is 0 Å². The molecule has 0 atom stereocenters. The van der Waals surface area contributed by atoms with Gasteiger partial charge in [0.05, 0.1) is 10.2 Å². The number of hydrogen-bond donors (Lipinski definition) is 1. The van der Waals surface area contributed by atoms with E-state index in [0.29, 0.717) is 10.2 Å². The van der Waals surface area contributed by atoms with Crippen molar-refractivity contribution < 1.29 is 8.78 Å². The van der Waals surface area contributed by atoms with Crippen LogP contribution in [0.3, 0.4) is 0 Å². The van der Waals surface area contributed by atoms with Crippen molar-refractivity contribution in [2.45, 2.75) is 12.3 Å². The predicted molar refractivity (Wildman–Crippen MR) is 49.3 cm³/mol. The second-order valence-corrected chi connectivity index (χ2v) is 3.39. The molecule has 0 fully saturated rings. The number of pyridine rings is 1. The molecule has 1 rings (SSSR count). The number of rotatable bonds is 2. The molecule has 72 valence electrons. The summed E-state index contributed by atoms with van der Waals surface area (Å²) in [5, 5.41) is 0. The number of nitrogens with one attached hydrogen (secondary N) is 1. The van der Waals surface area contributed by atoms with Crippen molar-refractivity contribution >= 4 is 27.5 Å². The standard InChI is InChI=1S/C7H5BrClF2NO/c8-5-3(2-9)1-4(6(10)11)7(13)12-5/h1,6H,2H2,(H,12,13). The lowest BCUT2D eigenvalue weighted by atomic mass is 10.2. The van der Waals surface area contributed by atoms with Crippen LogP contribution < -0.4 is 5.56 Å². The summed E-state index contributed by atoms with van der Waals surface area (Å²) in [4.78, 5) is 13.2. The second-order valence-electron chi connectivity index (χ2n) is 2.33. The number of alkyl halides is 3. The van der Waals surface area contributed by atoms with Crippen LogP contribution in [-0.4, -0.2) is 4.98 Å². The van der Waals surface area contributed by atoms with E-state index in [1.165, 1.54) is 0 Å². The maximum absolute atomic E-state index is 12.2. The predicted octanol–water partition coefficient (Wildman–Crippen LogP) is 2.81. The molecule has 13 heavy (non-hydrogen) atoms. The molecule has 0 saturated carbocycles. The average molecular weight is 272 g/mol. The van der Waals surface area contributed by atoms with E-state index in [0.717, 1.165) is 6.07 Å². The van der Waals surface area contributed by atoms with E-state index in [1.54, 1.807) is 0 Å². The fourth-order valence-electron chi connectivity index (χ4n) is 0.828. The first kappa shape index (κ1) is 10.7. The summed E-state index contributed by atoms with van der Waals surface area (Å²) in [6, 6.07) is 1.10. The Balaban J connectivity index is 3.31. The fraction of sp³-hybridized carbons (Fsp3) is 0.286. The van der Waals surface area contributed by atoms with Gasteiger partial charge in [0.15, 0.2) is 0 Å². The Hall–Kier alpha value is -0.420. The summed E-state index contributed by atoms with van der Waals surface area (Å²) in [6.07, 6.45) is -2.78. The molecule has 6 heteroatoms. The lowest BCUT2D eigenvalue weighted by Crippen LogP contribution is -2.14. The van der Waals surface area contributed by atoms with Crippen molar-refractivity contribution in [3.05, 3.63) is 32.2 Å². The summed E-state index contributed by atoms with van der Waals surface area (Å²) >= 11 is 8.47. The van der Waals surface area contributed by atoms with Gasteiger partial charge in [0.1, 0.15) is 0 Å². The molecule has 0 spiro atoms. The number of hydrogen-bond acceptors (Lipinski definition) is 1.